The van der Waals surface area contributed by atoms with Crippen LogP contribution in [0.4, 0.5) is 5.69 Å². The van der Waals surface area contributed by atoms with E-state index in [-0.39, 0.29) is 23.0 Å². The van der Waals surface area contributed by atoms with Crippen molar-refractivity contribution in [2.24, 2.45) is 0 Å². The van der Waals surface area contributed by atoms with Crippen LogP contribution < -0.4 is 14.4 Å². The Labute approximate surface area is 170 Å². The highest BCUT2D eigenvalue weighted by molar-refractivity contribution is 7.87. The molecule has 3 rings (SSSR count). The third-order valence-electron chi connectivity index (χ3n) is 5.30. The van der Waals surface area contributed by atoms with E-state index in [0.29, 0.717) is 18.8 Å². The van der Waals surface area contributed by atoms with Gasteiger partial charge in [0.05, 0.1) is 17.4 Å². The smallest absolute Gasteiger partial charge is 0.335 e. The van der Waals surface area contributed by atoms with E-state index in [1.54, 1.807) is 0 Å². The molecule has 1 saturated heterocycles. The fourth-order valence-corrected chi connectivity index (χ4v) is 4.22. The number of carbonyl (C=O) groups is 2. The van der Waals surface area contributed by atoms with Crippen molar-refractivity contribution in [3.05, 3.63) is 23.3 Å². The fourth-order valence-electron chi connectivity index (χ4n) is 3.70. The molecule has 1 saturated carbocycles. The number of hydrogen-bond donors (Lipinski definition) is 2. The van der Waals surface area contributed by atoms with Crippen LogP contribution in [0.25, 0.3) is 0 Å². The first kappa shape index (κ1) is 21.4. The van der Waals surface area contributed by atoms with Gasteiger partial charge in [0, 0.05) is 27.2 Å². The number of ether oxygens (including phenoxy) is 1. The number of aromatic carboxylic acids is 1. The topological polar surface area (TPSA) is 116 Å². The van der Waals surface area contributed by atoms with Gasteiger partial charge < -0.3 is 14.7 Å². The molecular weight excluding hydrogens is 398 g/mol. The number of carboxylic acid groups (broad SMARTS) is 1. The van der Waals surface area contributed by atoms with E-state index in [1.807, 2.05) is 4.90 Å². The molecule has 0 spiro atoms. The molecule has 1 heterocycles. The molecule has 0 radical (unpaired) electrons. The Bertz CT molecular complexity index is 887. The van der Waals surface area contributed by atoms with E-state index in [2.05, 4.69) is 4.72 Å². The average Bonchev–Trinajstić information content (AvgIpc) is 3.34. The molecule has 1 aliphatic heterocycles. The number of nitrogens with one attached hydrogen (secondary N) is 1. The lowest BCUT2D eigenvalue weighted by Gasteiger charge is -2.25. The van der Waals surface area contributed by atoms with Crippen LogP contribution in [0.15, 0.2) is 12.1 Å². The molecule has 0 aromatic heterocycles. The zero-order valence-corrected chi connectivity index (χ0v) is 17.5. The number of anilines is 1. The minimum absolute atomic E-state index is 0.00640. The van der Waals surface area contributed by atoms with Crippen LogP contribution in [-0.4, -0.2) is 63.0 Å². The SMILES string of the molecule is CN(C)S(=O)(=O)NC(=O)c1c(OC2CCCC2)cc(C(=O)O)cc1N1CCCC1. The van der Waals surface area contributed by atoms with E-state index < -0.39 is 22.1 Å². The van der Waals surface area contributed by atoms with Crippen LogP contribution in [0.5, 0.6) is 5.75 Å². The number of amides is 1. The summed E-state index contributed by atoms with van der Waals surface area (Å²) in [6.07, 6.45) is 5.32. The Morgan fingerprint density at radius 3 is 2.31 bits per heavy atom. The first-order chi connectivity index (χ1) is 13.7. The molecule has 1 amide bonds. The number of carboxylic acids is 1. The summed E-state index contributed by atoms with van der Waals surface area (Å²) in [6.45, 7) is 1.32. The Morgan fingerprint density at radius 1 is 1.14 bits per heavy atom. The lowest BCUT2D eigenvalue weighted by atomic mass is 10.1. The van der Waals surface area contributed by atoms with Crippen molar-refractivity contribution in [2.75, 3.05) is 32.1 Å². The van der Waals surface area contributed by atoms with Crippen LogP contribution in [0, 0.1) is 0 Å². The Balaban J connectivity index is 2.10. The Morgan fingerprint density at radius 2 is 1.76 bits per heavy atom. The molecule has 1 aromatic rings. The molecule has 1 aromatic carbocycles. The number of hydrogen-bond acceptors (Lipinski definition) is 6. The molecule has 0 atom stereocenters. The molecule has 29 heavy (non-hydrogen) atoms. The molecule has 9 nitrogen and oxygen atoms in total. The number of carbonyl (C=O) groups excluding carboxylic acids is 1. The maximum Gasteiger partial charge on any atom is 0.335 e. The first-order valence-electron chi connectivity index (χ1n) is 9.76. The summed E-state index contributed by atoms with van der Waals surface area (Å²) in [7, 11) is -1.37. The quantitative estimate of drug-likeness (QED) is 0.685. The van der Waals surface area contributed by atoms with Gasteiger partial charge in [0.2, 0.25) is 0 Å². The van der Waals surface area contributed by atoms with Crippen molar-refractivity contribution >= 4 is 27.8 Å². The molecule has 2 fully saturated rings. The van der Waals surface area contributed by atoms with Crippen LogP contribution in [0.3, 0.4) is 0 Å². The highest BCUT2D eigenvalue weighted by atomic mass is 32.2. The summed E-state index contributed by atoms with van der Waals surface area (Å²) in [4.78, 5) is 26.6. The molecular formula is C19H27N3O6S. The van der Waals surface area contributed by atoms with E-state index >= 15 is 0 Å². The molecule has 0 bridgehead atoms. The van der Waals surface area contributed by atoms with E-state index in [4.69, 9.17) is 4.74 Å². The van der Waals surface area contributed by atoms with Gasteiger partial charge in [-0.25, -0.2) is 9.52 Å². The van der Waals surface area contributed by atoms with Crippen LogP contribution in [-0.2, 0) is 10.2 Å². The minimum atomic E-state index is -4.01. The molecule has 0 unspecified atom stereocenters. The lowest BCUT2D eigenvalue weighted by Crippen LogP contribution is -2.40. The van der Waals surface area contributed by atoms with Gasteiger partial charge in [-0.2, -0.15) is 12.7 Å². The summed E-state index contributed by atoms with van der Waals surface area (Å²) >= 11 is 0. The Kier molecular flexibility index (Phi) is 6.33. The van der Waals surface area contributed by atoms with Gasteiger partial charge in [0.15, 0.2) is 0 Å². The third kappa shape index (κ3) is 4.81. The van der Waals surface area contributed by atoms with Crippen molar-refractivity contribution in [1.29, 1.82) is 0 Å². The molecule has 1 aliphatic carbocycles. The van der Waals surface area contributed by atoms with Crippen molar-refractivity contribution in [3.63, 3.8) is 0 Å². The number of benzene rings is 1. The average molecular weight is 426 g/mol. The normalized spacial score (nSPS) is 17.7. The summed E-state index contributed by atoms with van der Waals surface area (Å²) in [5, 5.41) is 9.55. The first-order valence-corrected chi connectivity index (χ1v) is 11.2. The fraction of sp³-hybridized carbons (Fsp3) is 0.579. The summed E-state index contributed by atoms with van der Waals surface area (Å²) in [6, 6.07) is 2.74. The van der Waals surface area contributed by atoms with Crippen molar-refractivity contribution < 1.29 is 27.9 Å². The number of nitrogens with zero attached hydrogens (tertiary/aromatic N) is 2. The van der Waals surface area contributed by atoms with Gasteiger partial charge in [-0.3, -0.25) is 4.79 Å². The van der Waals surface area contributed by atoms with Crippen LogP contribution in [0.2, 0.25) is 0 Å². The third-order valence-corrected chi connectivity index (χ3v) is 6.71. The monoisotopic (exact) mass is 425 g/mol. The largest absolute Gasteiger partial charge is 0.489 e. The summed E-state index contributed by atoms with van der Waals surface area (Å²) in [5.74, 6) is -1.84. The zero-order valence-electron chi connectivity index (χ0n) is 16.7. The maximum atomic E-state index is 13.0. The van der Waals surface area contributed by atoms with E-state index in [1.165, 1.54) is 26.2 Å². The predicted molar refractivity (Wildman–Crippen MR) is 108 cm³/mol. The second-order valence-electron chi connectivity index (χ2n) is 7.61. The van der Waals surface area contributed by atoms with Gasteiger partial charge >= 0.3 is 16.2 Å². The van der Waals surface area contributed by atoms with Crippen molar-refractivity contribution in [2.45, 2.75) is 44.6 Å². The highest BCUT2D eigenvalue weighted by Crippen LogP contribution is 2.36. The predicted octanol–water partition coefficient (Wildman–Crippen LogP) is 1.84. The van der Waals surface area contributed by atoms with Crippen LogP contribution >= 0.6 is 0 Å². The maximum absolute atomic E-state index is 13.0. The van der Waals surface area contributed by atoms with Gasteiger partial charge in [0.25, 0.3) is 5.91 Å². The Hall–Kier alpha value is -2.33. The molecule has 160 valence electrons. The number of rotatable bonds is 7. The van der Waals surface area contributed by atoms with E-state index in [9.17, 15) is 23.1 Å². The zero-order chi connectivity index (χ0) is 21.2. The van der Waals surface area contributed by atoms with Crippen LogP contribution in [0.1, 0.15) is 59.2 Å². The van der Waals surface area contributed by atoms with Gasteiger partial charge in [-0.1, -0.05) is 0 Å². The second-order valence-corrected chi connectivity index (χ2v) is 9.50. The van der Waals surface area contributed by atoms with Gasteiger partial charge in [0.1, 0.15) is 11.3 Å². The summed E-state index contributed by atoms with van der Waals surface area (Å²) in [5.41, 5.74) is 0.461. The second kappa shape index (κ2) is 8.58. The van der Waals surface area contributed by atoms with Gasteiger partial charge in [-0.15, -0.1) is 0 Å². The van der Waals surface area contributed by atoms with Gasteiger partial charge in [-0.05, 0) is 50.7 Å². The standard InChI is InChI=1S/C19H27N3O6S/c1-21(2)29(26,27)20-18(23)17-15(22-9-5-6-10-22)11-13(19(24)25)12-16(17)28-14-7-3-4-8-14/h11-12,14H,3-10H2,1-2H3,(H,20,23)(H,24,25). The molecule has 2 N–H and O–H groups in total. The van der Waals surface area contributed by atoms with Crippen molar-refractivity contribution in [3.8, 4) is 5.75 Å². The van der Waals surface area contributed by atoms with E-state index in [0.717, 1.165) is 42.8 Å². The molecule has 2 aliphatic rings. The minimum Gasteiger partial charge on any atom is -0.489 e. The van der Waals surface area contributed by atoms with Crippen molar-refractivity contribution in [1.82, 2.24) is 9.03 Å². The summed E-state index contributed by atoms with van der Waals surface area (Å²) < 4.78 is 33.4. The molecule has 10 heteroatoms. The highest BCUT2D eigenvalue weighted by Gasteiger charge is 2.30. The lowest BCUT2D eigenvalue weighted by molar-refractivity contribution is 0.0695.